The number of rotatable bonds is 5. The van der Waals surface area contributed by atoms with E-state index in [4.69, 9.17) is 13.7 Å². The minimum absolute atomic E-state index is 0.104. The third-order valence-electron chi connectivity index (χ3n) is 2.64. The largest absolute Gasteiger partial charge is 0.497 e. The Morgan fingerprint density at radius 3 is 2.33 bits per heavy atom. The van der Waals surface area contributed by atoms with Gasteiger partial charge in [-0.1, -0.05) is 6.07 Å². The maximum atomic E-state index is 13.1. The first-order valence-electron chi connectivity index (χ1n) is 5.88. The van der Waals surface area contributed by atoms with Gasteiger partial charge in [0.2, 0.25) is 0 Å². The van der Waals surface area contributed by atoms with Crippen molar-refractivity contribution in [2.75, 3.05) is 14.2 Å². The monoisotopic (exact) mass is 312 g/mol. The summed E-state index contributed by atoms with van der Waals surface area (Å²) in [5, 5.41) is 0. The molecule has 0 heterocycles. The highest BCUT2D eigenvalue weighted by Gasteiger charge is 2.23. The highest BCUT2D eigenvalue weighted by Crippen LogP contribution is 2.30. The van der Waals surface area contributed by atoms with Crippen molar-refractivity contribution in [3.05, 3.63) is 48.3 Å². The minimum atomic E-state index is -4.18. The van der Waals surface area contributed by atoms with Gasteiger partial charge in [0.15, 0.2) is 4.90 Å². The van der Waals surface area contributed by atoms with Crippen molar-refractivity contribution >= 4 is 10.1 Å². The smallest absolute Gasteiger partial charge is 0.343 e. The van der Waals surface area contributed by atoms with Crippen molar-refractivity contribution in [1.29, 1.82) is 0 Å². The molecule has 2 rings (SSSR count). The second kappa shape index (κ2) is 6.01. The molecule has 0 atom stereocenters. The molecular weight excluding hydrogens is 299 g/mol. The van der Waals surface area contributed by atoms with Crippen LogP contribution in [-0.4, -0.2) is 22.6 Å². The van der Waals surface area contributed by atoms with Gasteiger partial charge in [-0.25, -0.2) is 4.39 Å². The molecule has 0 aliphatic rings. The van der Waals surface area contributed by atoms with Crippen LogP contribution in [0.15, 0.2) is 47.4 Å². The molecule has 0 bridgehead atoms. The molecule has 0 aromatic heterocycles. The predicted molar refractivity (Wildman–Crippen MR) is 73.8 cm³/mol. The van der Waals surface area contributed by atoms with Gasteiger partial charge < -0.3 is 13.7 Å². The lowest BCUT2D eigenvalue weighted by Crippen LogP contribution is -2.11. The second-order valence-electron chi connectivity index (χ2n) is 4.01. The summed E-state index contributed by atoms with van der Waals surface area (Å²) in [6, 6.07) is 9.13. The Morgan fingerprint density at radius 2 is 1.71 bits per heavy atom. The van der Waals surface area contributed by atoms with Gasteiger partial charge in [-0.3, -0.25) is 0 Å². The zero-order chi connectivity index (χ0) is 15.5. The molecule has 0 saturated heterocycles. The molecule has 0 N–H and O–H groups in total. The van der Waals surface area contributed by atoms with E-state index in [-0.39, 0.29) is 16.4 Å². The van der Waals surface area contributed by atoms with E-state index in [1.807, 2.05) is 0 Å². The SMILES string of the molecule is COc1ccc(OC)c(S(=O)(=O)Oc2cccc(F)c2)c1. The van der Waals surface area contributed by atoms with Crippen molar-refractivity contribution in [3.8, 4) is 17.2 Å². The molecule has 0 spiro atoms. The van der Waals surface area contributed by atoms with E-state index in [9.17, 15) is 12.8 Å². The first kappa shape index (κ1) is 15.1. The minimum Gasteiger partial charge on any atom is -0.497 e. The Balaban J connectivity index is 2.43. The summed E-state index contributed by atoms with van der Waals surface area (Å²) in [5.41, 5.74) is 0. The summed E-state index contributed by atoms with van der Waals surface area (Å²) >= 11 is 0. The van der Waals surface area contributed by atoms with Crippen molar-refractivity contribution in [3.63, 3.8) is 0 Å². The number of ether oxygens (including phenoxy) is 2. The van der Waals surface area contributed by atoms with Crippen LogP contribution in [0.25, 0.3) is 0 Å². The van der Waals surface area contributed by atoms with Crippen molar-refractivity contribution < 1.29 is 26.5 Å². The molecule has 0 aliphatic carbocycles. The molecule has 112 valence electrons. The first-order chi connectivity index (χ1) is 9.96. The summed E-state index contributed by atoms with van der Waals surface area (Å²) in [5.74, 6) is -0.287. The highest BCUT2D eigenvalue weighted by molar-refractivity contribution is 7.87. The molecule has 7 heteroatoms. The third kappa shape index (κ3) is 3.43. The molecule has 2 aromatic carbocycles. The number of halogens is 1. The normalized spacial score (nSPS) is 11.0. The fourth-order valence-electron chi connectivity index (χ4n) is 1.67. The lowest BCUT2D eigenvalue weighted by atomic mass is 10.3. The van der Waals surface area contributed by atoms with Crippen LogP contribution in [0.5, 0.6) is 17.2 Å². The van der Waals surface area contributed by atoms with E-state index < -0.39 is 15.9 Å². The van der Waals surface area contributed by atoms with Gasteiger partial charge in [0, 0.05) is 12.1 Å². The van der Waals surface area contributed by atoms with Gasteiger partial charge in [0.1, 0.15) is 23.1 Å². The van der Waals surface area contributed by atoms with Gasteiger partial charge in [-0.05, 0) is 24.3 Å². The summed E-state index contributed by atoms with van der Waals surface area (Å²) in [7, 11) is -1.43. The summed E-state index contributed by atoms with van der Waals surface area (Å²) in [6.45, 7) is 0. The van der Waals surface area contributed by atoms with Crippen LogP contribution < -0.4 is 13.7 Å². The fraction of sp³-hybridized carbons (Fsp3) is 0.143. The maximum absolute atomic E-state index is 13.1. The lowest BCUT2D eigenvalue weighted by molar-refractivity contribution is 0.388. The van der Waals surface area contributed by atoms with Gasteiger partial charge >= 0.3 is 10.1 Å². The van der Waals surface area contributed by atoms with Crippen LogP contribution in [-0.2, 0) is 10.1 Å². The van der Waals surface area contributed by atoms with Crippen LogP contribution in [0.1, 0.15) is 0 Å². The van der Waals surface area contributed by atoms with E-state index in [0.717, 1.165) is 6.07 Å². The summed E-state index contributed by atoms with van der Waals surface area (Å²) in [4.78, 5) is -0.200. The molecule has 0 amide bonds. The van der Waals surface area contributed by atoms with Gasteiger partial charge in [-0.15, -0.1) is 0 Å². The van der Waals surface area contributed by atoms with Crippen molar-refractivity contribution in [2.24, 2.45) is 0 Å². The average molecular weight is 312 g/mol. The van der Waals surface area contributed by atoms with Crippen molar-refractivity contribution in [2.45, 2.75) is 4.90 Å². The number of hydrogen-bond donors (Lipinski definition) is 0. The second-order valence-corrected chi connectivity index (χ2v) is 5.53. The molecular formula is C14H13FO5S. The summed E-state index contributed by atoms with van der Waals surface area (Å²) in [6.07, 6.45) is 0. The van der Waals surface area contributed by atoms with Crippen LogP contribution in [0.3, 0.4) is 0 Å². The van der Waals surface area contributed by atoms with Crippen LogP contribution >= 0.6 is 0 Å². The Labute approximate surface area is 122 Å². The summed E-state index contributed by atoms with van der Waals surface area (Å²) < 4.78 is 52.5. The molecule has 0 fully saturated rings. The number of methoxy groups -OCH3 is 2. The topological polar surface area (TPSA) is 61.8 Å². The van der Waals surface area contributed by atoms with E-state index in [2.05, 4.69) is 0 Å². The molecule has 2 aromatic rings. The van der Waals surface area contributed by atoms with E-state index >= 15 is 0 Å². The Kier molecular flexibility index (Phi) is 4.32. The lowest BCUT2D eigenvalue weighted by Gasteiger charge is -2.12. The van der Waals surface area contributed by atoms with Crippen LogP contribution in [0.2, 0.25) is 0 Å². The maximum Gasteiger partial charge on any atom is 0.343 e. The van der Waals surface area contributed by atoms with E-state index in [1.54, 1.807) is 6.07 Å². The van der Waals surface area contributed by atoms with Crippen LogP contribution in [0.4, 0.5) is 4.39 Å². The molecule has 0 unspecified atom stereocenters. The number of hydrogen-bond acceptors (Lipinski definition) is 5. The molecule has 0 aliphatic heterocycles. The fourth-order valence-corrected chi connectivity index (χ4v) is 2.77. The predicted octanol–water partition coefficient (Wildman–Crippen LogP) is 2.61. The Morgan fingerprint density at radius 1 is 0.952 bits per heavy atom. The Bertz CT molecular complexity index is 743. The average Bonchev–Trinajstić information content (AvgIpc) is 2.46. The molecule has 0 saturated carbocycles. The van der Waals surface area contributed by atoms with Crippen molar-refractivity contribution in [1.82, 2.24) is 0 Å². The zero-order valence-electron chi connectivity index (χ0n) is 11.4. The molecule has 5 nitrogen and oxygen atoms in total. The van der Waals surface area contributed by atoms with E-state index in [1.165, 1.54) is 44.6 Å². The van der Waals surface area contributed by atoms with Gasteiger partial charge in [0.25, 0.3) is 0 Å². The van der Waals surface area contributed by atoms with Gasteiger partial charge in [0.05, 0.1) is 14.2 Å². The molecule has 21 heavy (non-hydrogen) atoms. The standard InChI is InChI=1S/C14H13FO5S/c1-18-11-6-7-13(19-2)14(9-11)21(16,17)20-12-5-3-4-10(15)8-12/h3-9H,1-2H3. The highest BCUT2D eigenvalue weighted by atomic mass is 32.2. The third-order valence-corrected chi connectivity index (χ3v) is 3.91. The first-order valence-corrected chi connectivity index (χ1v) is 7.29. The molecule has 0 radical (unpaired) electrons. The Hall–Kier alpha value is -2.28. The van der Waals surface area contributed by atoms with E-state index in [0.29, 0.717) is 5.75 Å². The van der Waals surface area contributed by atoms with Crippen LogP contribution in [0, 0.1) is 5.82 Å². The zero-order valence-corrected chi connectivity index (χ0v) is 12.2. The van der Waals surface area contributed by atoms with Gasteiger partial charge in [-0.2, -0.15) is 8.42 Å². The quantitative estimate of drug-likeness (QED) is 0.794. The number of benzene rings is 2.